The number of nitrogens with zero attached hydrogens (tertiary/aromatic N) is 2. The molecule has 100 valence electrons. The van der Waals surface area contributed by atoms with Gasteiger partial charge in [-0.3, -0.25) is 0 Å². The molecule has 1 N–H and O–H groups in total. The van der Waals surface area contributed by atoms with Crippen LogP contribution >= 0.6 is 0 Å². The molecule has 1 saturated carbocycles. The maximum absolute atomic E-state index is 4.34. The van der Waals surface area contributed by atoms with E-state index in [2.05, 4.69) is 35.2 Å². The summed E-state index contributed by atoms with van der Waals surface area (Å²) >= 11 is 0. The van der Waals surface area contributed by atoms with Crippen LogP contribution in [0.25, 0.3) is 0 Å². The van der Waals surface area contributed by atoms with Gasteiger partial charge in [0.15, 0.2) is 0 Å². The second-order valence-electron chi connectivity index (χ2n) is 5.60. The molecular weight excluding hydrogens is 222 g/mol. The summed E-state index contributed by atoms with van der Waals surface area (Å²) in [5.41, 5.74) is 1.15. The number of anilines is 1. The molecule has 3 nitrogen and oxygen atoms in total. The van der Waals surface area contributed by atoms with E-state index in [0.29, 0.717) is 6.04 Å². The van der Waals surface area contributed by atoms with Crippen molar-refractivity contribution in [2.24, 2.45) is 5.92 Å². The first kappa shape index (κ1) is 13.3. The Balaban J connectivity index is 1.93. The summed E-state index contributed by atoms with van der Waals surface area (Å²) in [5, 5.41) is 3.59. The lowest BCUT2D eigenvalue weighted by Crippen LogP contribution is -2.19. The van der Waals surface area contributed by atoms with Gasteiger partial charge in [0, 0.05) is 17.8 Å². The minimum Gasteiger partial charge on any atom is -0.367 e. The van der Waals surface area contributed by atoms with E-state index in [1.807, 2.05) is 0 Å². The van der Waals surface area contributed by atoms with E-state index in [0.717, 1.165) is 30.3 Å². The van der Waals surface area contributed by atoms with Gasteiger partial charge in [-0.05, 0) is 31.6 Å². The van der Waals surface area contributed by atoms with Gasteiger partial charge in [0.2, 0.25) is 0 Å². The van der Waals surface area contributed by atoms with Crippen molar-refractivity contribution in [1.29, 1.82) is 0 Å². The van der Waals surface area contributed by atoms with E-state index in [1.165, 1.54) is 32.1 Å². The summed E-state index contributed by atoms with van der Waals surface area (Å²) in [7, 11) is 0. The SMILES string of the molecule is CCCc1cc(NC2CCCC(C)CC2)ncn1. The van der Waals surface area contributed by atoms with Crippen LogP contribution in [0.2, 0.25) is 0 Å². The fourth-order valence-corrected chi connectivity index (χ4v) is 2.71. The maximum Gasteiger partial charge on any atom is 0.129 e. The van der Waals surface area contributed by atoms with Crippen LogP contribution in [-0.4, -0.2) is 16.0 Å². The van der Waals surface area contributed by atoms with E-state index in [1.54, 1.807) is 6.33 Å². The highest BCUT2D eigenvalue weighted by atomic mass is 15.0. The van der Waals surface area contributed by atoms with E-state index >= 15 is 0 Å². The van der Waals surface area contributed by atoms with Crippen LogP contribution in [0.5, 0.6) is 0 Å². The van der Waals surface area contributed by atoms with Crippen molar-refractivity contribution in [3.63, 3.8) is 0 Å². The summed E-state index contributed by atoms with van der Waals surface area (Å²) in [4.78, 5) is 8.64. The van der Waals surface area contributed by atoms with E-state index in [9.17, 15) is 0 Å². The predicted octanol–water partition coefficient (Wildman–Crippen LogP) is 3.81. The standard InChI is InChI=1S/C15H25N3/c1-3-5-14-10-15(17-11-16-14)18-13-7-4-6-12(2)8-9-13/h10-13H,3-9H2,1-2H3,(H,16,17,18). The summed E-state index contributed by atoms with van der Waals surface area (Å²) in [5.74, 6) is 1.89. The fraction of sp³-hybridized carbons (Fsp3) is 0.733. The molecule has 1 fully saturated rings. The lowest BCUT2D eigenvalue weighted by atomic mass is 10.0. The minimum atomic E-state index is 0.597. The molecule has 2 unspecified atom stereocenters. The highest BCUT2D eigenvalue weighted by Gasteiger charge is 2.16. The lowest BCUT2D eigenvalue weighted by molar-refractivity contribution is 0.502. The number of nitrogens with one attached hydrogen (secondary N) is 1. The Bertz CT molecular complexity index is 365. The summed E-state index contributed by atoms with van der Waals surface area (Å²) in [6.07, 6.45) is 10.5. The summed E-state index contributed by atoms with van der Waals surface area (Å²) in [6, 6.07) is 2.71. The van der Waals surface area contributed by atoms with Crippen LogP contribution in [-0.2, 0) is 6.42 Å². The van der Waals surface area contributed by atoms with Crippen molar-refractivity contribution in [3.8, 4) is 0 Å². The molecule has 2 atom stereocenters. The van der Waals surface area contributed by atoms with Crippen LogP contribution in [0.15, 0.2) is 12.4 Å². The third-order valence-corrected chi connectivity index (χ3v) is 3.84. The predicted molar refractivity (Wildman–Crippen MR) is 75.7 cm³/mol. The third kappa shape index (κ3) is 3.97. The van der Waals surface area contributed by atoms with Crippen molar-refractivity contribution in [2.45, 2.75) is 64.8 Å². The van der Waals surface area contributed by atoms with Gasteiger partial charge in [-0.25, -0.2) is 9.97 Å². The minimum absolute atomic E-state index is 0.597. The van der Waals surface area contributed by atoms with Gasteiger partial charge in [0.05, 0.1) is 0 Å². The molecule has 3 heteroatoms. The molecule has 1 aromatic rings. The van der Waals surface area contributed by atoms with Gasteiger partial charge in [0.1, 0.15) is 12.1 Å². The van der Waals surface area contributed by atoms with Crippen LogP contribution in [0.1, 0.15) is 58.1 Å². The topological polar surface area (TPSA) is 37.8 Å². The van der Waals surface area contributed by atoms with Gasteiger partial charge in [0.25, 0.3) is 0 Å². The average Bonchev–Trinajstić information content (AvgIpc) is 2.56. The average molecular weight is 247 g/mol. The second kappa shape index (κ2) is 6.72. The molecule has 0 amide bonds. The molecule has 1 aliphatic carbocycles. The largest absolute Gasteiger partial charge is 0.367 e. The Hall–Kier alpha value is -1.12. The first-order valence-corrected chi connectivity index (χ1v) is 7.35. The quantitative estimate of drug-likeness (QED) is 0.822. The monoisotopic (exact) mass is 247 g/mol. The number of aromatic nitrogens is 2. The zero-order valence-electron chi connectivity index (χ0n) is 11.7. The normalized spacial score (nSPS) is 24.6. The van der Waals surface area contributed by atoms with Gasteiger partial charge >= 0.3 is 0 Å². The van der Waals surface area contributed by atoms with E-state index in [-0.39, 0.29) is 0 Å². The molecule has 0 saturated heterocycles. The van der Waals surface area contributed by atoms with Crippen LogP contribution in [0.4, 0.5) is 5.82 Å². The Morgan fingerprint density at radius 3 is 2.94 bits per heavy atom. The Morgan fingerprint density at radius 2 is 2.11 bits per heavy atom. The summed E-state index contributed by atoms with van der Waals surface area (Å²) in [6.45, 7) is 4.55. The smallest absolute Gasteiger partial charge is 0.129 e. The van der Waals surface area contributed by atoms with Crippen molar-refractivity contribution >= 4 is 5.82 Å². The van der Waals surface area contributed by atoms with Crippen molar-refractivity contribution in [1.82, 2.24) is 9.97 Å². The number of aryl methyl sites for hydroxylation is 1. The highest BCUT2D eigenvalue weighted by Crippen LogP contribution is 2.24. The second-order valence-corrected chi connectivity index (χ2v) is 5.60. The fourth-order valence-electron chi connectivity index (χ4n) is 2.71. The summed E-state index contributed by atoms with van der Waals surface area (Å²) < 4.78 is 0. The van der Waals surface area contributed by atoms with E-state index in [4.69, 9.17) is 0 Å². The Morgan fingerprint density at radius 1 is 1.22 bits per heavy atom. The third-order valence-electron chi connectivity index (χ3n) is 3.84. The molecule has 0 radical (unpaired) electrons. The zero-order chi connectivity index (χ0) is 12.8. The number of hydrogen-bond acceptors (Lipinski definition) is 3. The van der Waals surface area contributed by atoms with Gasteiger partial charge in [-0.2, -0.15) is 0 Å². The molecule has 0 bridgehead atoms. The first-order valence-electron chi connectivity index (χ1n) is 7.35. The van der Waals surface area contributed by atoms with E-state index < -0.39 is 0 Å². The first-order chi connectivity index (χ1) is 8.78. The van der Waals surface area contributed by atoms with Crippen molar-refractivity contribution in [3.05, 3.63) is 18.1 Å². The molecule has 1 aliphatic rings. The van der Waals surface area contributed by atoms with Gasteiger partial charge < -0.3 is 5.32 Å². The molecule has 1 aromatic heterocycles. The molecule has 18 heavy (non-hydrogen) atoms. The van der Waals surface area contributed by atoms with Crippen LogP contribution in [0.3, 0.4) is 0 Å². The van der Waals surface area contributed by atoms with Crippen LogP contribution < -0.4 is 5.32 Å². The molecule has 1 heterocycles. The molecule has 0 aliphatic heterocycles. The Labute approximate surface area is 110 Å². The molecule has 0 spiro atoms. The number of rotatable bonds is 4. The van der Waals surface area contributed by atoms with Crippen molar-refractivity contribution < 1.29 is 0 Å². The lowest BCUT2D eigenvalue weighted by Gasteiger charge is -2.17. The van der Waals surface area contributed by atoms with Crippen LogP contribution in [0, 0.1) is 5.92 Å². The number of hydrogen-bond donors (Lipinski definition) is 1. The molecule has 2 rings (SSSR count). The molecular formula is C15H25N3. The van der Waals surface area contributed by atoms with Gasteiger partial charge in [-0.15, -0.1) is 0 Å². The maximum atomic E-state index is 4.34. The molecule has 0 aromatic carbocycles. The Kier molecular flexibility index (Phi) is 4.97. The van der Waals surface area contributed by atoms with Gasteiger partial charge in [-0.1, -0.05) is 33.1 Å². The highest BCUT2D eigenvalue weighted by molar-refractivity contribution is 5.36. The zero-order valence-corrected chi connectivity index (χ0v) is 11.7. The van der Waals surface area contributed by atoms with Crippen molar-refractivity contribution in [2.75, 3.05) is 5.32 Å².